The van der Waals surface area contributed by atoms with Crippen molar-refractivity contribution in [1.29, 1.82) is 0 Å². The minimum atomic E-state index is -0.894. The van der Waals surface area contributed by atoms with Crippen LogP contribution in [0.3, 0.4) is 0 Å². The summed E-state index contributed by atoms with van der Waals surface area (Å²) in [6.07, 6.45) is 1.10. The van der Waals surface area contributed by atoms with Gasteiger partial charge < -0.3 is 9.47 Å². The van der Waals surface area contributed by atoms with Crippen molar-refractivity contribution in [3.63, 3.8) is 0 Å². The van der Waals surface area contributed by atoms with Gasteiger partial charge in [0.25, 0.3) is 0 Å². The van der Waals surface area contributed by atoms with E-state index in [1.165, 1.54) is 0 Å². The lowest BCUT2D eigenvalue weighted by atomic mass is 10.2. The number of hydrogen-bond acceptors (Lipinski definition) is 5. The van der Waals surface area contributed by atoms with Crippen LogP contribution in [0.1, 0.15) is 0 Å². The topological polar surface area (TPSA) is 69.7 Å². The molecule has 0 aliphatic heterocycles. The van der Waals surface area contributed by atoms with Crippen molar-refractivity contribution in [2.45, 2.75) is 0 Å². The zero-order valence-corrected chi connectivity index (χ0v) is 6.70. The van der Waals surface area contributed by atoms with E-state index in [4.69, 9.17) is 0 Å². The van der Waals surface area contributed by atoms with Crippen molar-refractivity contribution < 1.29 is 23.9 Å². The van der Waals surface area contributed by atoms with Gasteiger partial charge in [0.15, 0.2) is 0 Å². The number of methoxy groups -OCH3 is 2. The number of rotatable bonds is 3. The van der Waals surface area contributed by atoms with Crippen LogP contribution in [0.25, 0.3) is 0 Å². The third kappa shape index (κ3) is 2.53. The summed E-state index contributed by atoms with van der Waals surface area (Å²) in [5.41, 5.74) is -0.421. The summed E-state index contributed by atoms with van der Waals surface area (Å²) in [4.78, 5) is 31.5. The molecular weight excluding hydrogens is 164 g/mol. The third-order valence-corrected chi connectivity index (χ3v) is 1.05. The van der Waals surface area contributed by atoms with E-state index in [2.05, 4.69) is 9.47 Å². The number of carbonyl (C=O) groups excluding carboxylic acids is 3. The first-order valence-corrected chi connectivity index (χ1v) is 2.99. The highest BCUT2D eigenvalue weighted by Gasteiger charge is 2.18. The van der Waals surface area contributed by atoms with Gasteiger partial charge in [0.2, 0.25) is 0 Å². The summed E-state index contributed by atoms with van der Waals surface area (Å²) in [5, 5.41) is 0. The van der Waals surface area contributed by atoms with E-state index in [1.54, 1.807) is 0 Å². The Morgan fingerprint density at radius 3 is 1.75 bits per heavy atom. The summed E-state index contributed by atoms with van der Waals surface area (Å²) >= 11 is 0. The van der Waals surface area contributed by atoms with E-state index in [1.807, 2.05) is 0 Å². The third-order valence-electron chi connectivity index (χ3n) is 1.05. The van der Waals surface area contributed by atoms with Crippen LogP contribution >= 0.6 is 0 Å². The maximum atomic E-state index is 10.8. The van der Waals surface area contributed by atoms with Crippen LogP contribution in [-0.4, -0.2) is 32.4 Å². The Morgan fingerprint density at radius 1 is 1.08 bits per heavy atom. The van der Waals surface area contributed by atoms with Crippen molar-refractivity contribution in [3.8, 4) is 0 Å². The lowest BCUT2D eigenvalue weighted by Crippen LogP contribution is -2.15. The minimum absolute atomic E-state index is 0.309. The normalized spacial score (nSPS) is 8.17. The smallest absolute Gasteiger partial charge is 0.345 e. The summed E-state index contributed by atoms with van der Waals surface area (Å²) < 4.78 is 8.44. The molecule has 0 aromatic carbocycles. The molecule has 0 radical (unpaired) electrons. The molecule has 0 saturated heterocycles. The van der Waals surface area contributed by atoms with Crippen molar-refractivity contribution in [2.75, 3.05) is 14.2 Å². The predicted octanol–water partition coefficient (Wildman–Crippen LogP) is -0.542. The zero-order chi connectivity index (χ0) is 9.56. The molecular formula is C7H8O5. The van der Waals surface area contributed by atoms with Crippen LogP contribution in [-0.2, 0) is 23.9 Å². The highest BCUT2D eigenvalue weighted by molar-refractivity contribution is 6.15. The average molecular weight is 172 g/mol. The number of esters is 2. The van der Waals surface area contributed by atoms with Crippen LogP contribution in [0.2, 0.25) is 0 Å². The molecule has 0 fully saturated rings. The second-order valence-electron chi connectivity index (χ2n) is 1.70. The van der Waals surface area contributed by atoms with E-state index < -0.39 is 17.5 Å². The maximum Gasteiger partial charge on any atom is 0.345 e. The second-order valence-corrected chi connectivity index (χ2v) is 1.70. The molecule has 0 bridgehead atoms. The Hall–Kier alpha value is -1.65. The largest absolute Gasteiger partial charge is 0.465 e. The van der Waals surface area contributed by atoms with Gasteiger partial charge >= 0.3 is 11.9 Å². The summed E-state index contributed by atoms with van der Waals surface area (Å²) in [7, 11) is 2.20. The Morgan fingerprint density at radius 2 is 1.50 bits per heavy atom. The molecule has 0 spiro atoms. The van der Waals surface area contributed by atoms with Crippen LogP contribution in [0.4, 0.5) is 0 Å². The number of hydrogen-bond donors (Lipinski definition) is 0. The number of ether oxygens (including phenoxy) is 2. The van der Waals surface area contributed by atoms with Gasteiger partial charge in [-0.15, -0.1) is 0 Å². The van der Waals surface area contributed by atoms with Crippen LogP contribution in [0.5, 0.6) is 0 Å². The van der Waals surface area contributed by atoms with Crippen molar-refractivity contribution >= 4 is 18.2 Å². The van der Waals surface area contributed by atoms with Crippen LogP contribution < -0.4 is 0 Å². The standard InChI is InChI=1S/C7H8O5/c1-11-6(9)5(3-4-8)7(10)12-2/h3-4H,1-2H3. The summed E-state index contributed by atoms with van der Waals surface area (Å²) in [6.45, 7) is 0. The van der Waals surface area contributed by atoms with E-state index in [-0.39, 0.29) is 0 Å². The Bertz CT molecular complexity index is 210. The first-order valence-electron chi connectivity index (χ1n) is 2.99. The summed E-state index contributed by atoms with van der Waals surface area (Å²) in [6, 6.07) is 0. The molecule has 0 heterocycles. The fourth-order valence-electron chi connectivity index (χ4n) is 0.507. The fraction of sp³-hybridized carbons (Fsp3) is 0.286. The number of allylic oxidation sites excluding steroid dienone is 1. The van der Waals surface area contributed by atoms with E-state index in [9.17, 15) is 14.4 Å². The SMILES string of the molecule is COC(=O)C(=CC=O)C(=O)OC. The minimum Gasteiger partial charge on any atom is -0.465 e. The molecule has 0 atom stereocenters. The Balaban J connectivity index is 4.67. The quantitative estimate of drug-likeness (QED) is 0.188. The molecule has 0 aromatic heterocycles. The monoisotopic (exact) mass is 172 g/mol. The van der Waals surface area contributed by atoms with Gasteiger partial charge in [-0.25, -0.2) is 9.59 Å². The molecule has 0 N–H and O–H groups in total. The molecule has 0 amide bonds. The molecule has 66 valence electrons. The highest BCUT2D eigenvalue weighted by Crippen LogP contribution is 1.98. The fourth-order valence-corrected chi connectivity index (χ4v) is 0.507. The first kappa shape index (κ1) is 10.3. The van der Waals surface area contributed by atoms with Gasteiger partial charge in [0.1, 0.15) is 11.9 Å². The zero-order valence-electron chi connectivity index (χ0n) is 6.70. The molecule has 5 nitrogen and oxygen atoms in total. The Labute approximate surface area is 69.0 Å². The van der Waals surface area contributed by atoms with Crippen molar-refractivity contribution in [3.05, 3.63) is 11.6 Å². The predicted molar refractivity (Wildman–Crippen MR) is 38.2 cm³/mol. The molecule has 12 heavy (non-hydrogen) atoms. The lowest BCUT2D eigenvalue weighted by molar-refractivity contribution is -0.144. The average Bonchev–Trinajstić information content (AvgIpc) is 2.11. The Kier molecular flexibility index (Phi) is 4.36. The van der Waals surface area contributed by atoms with Gasteiger partial charge in [-0.05, 0) is 6.08 Å². The van der Waals surface area contributed by atoms with Crippen LogP contribution in [0, 0.1) is 0 Å². The molecule has 0 saturated carbocycles. The van der Waals surface area contributed by atoms with Gasteiger partial charge in [0, 0.05) is 0 Å². The maximum absolute atomic E-state index is 10.8. The van der Waals surface area contributed by atoms with E-state index in [0.29, 0.717) is 6.29 Å². The molecule has 5 heteroatoms. The lowest BCUT2D eigenvalue weighted by Gasteiger charge is -2.00. The van der Waals surface area contributed by atoms with Gasteiger partial charge in [0.05, 0.1) is 14.2 Å². The van der Waals surface area contributed by atoms with Gasteiger partial charge in [-0.2, -0.15) is 0 Å². The molecule has 0 rings (SSSR count). The van der Waals surface area contributed by atoms with Crippen molar-refractivity contribution in [2.24, 2.45) is 0 Å². The van der Waals surface area contributed by atoms with E-state index in [0.717, 1.165) is 20.3 Å². The molecule has 0 aliphatic rings. The summed E-state index contributed by atoms with van der Waals surface area (Å²) in [5.74, 6) is -1.79. The molecule has 0 aliphatic carbocycles. The van der Waals surface area contributed by atoms with Crippen LogP contribution in [0.15, 0.2) is 11.6 Å². The number of carbonyl (C=O) groups is 3. The van der Waals surface area contributed by atoms with Gasteiger partial charge in [-0.1, -0.05) is 0 Å². The number of aldehydes is 1. The molecule has 0 unspecified atom stereocenters. The first-order chi connectivity index (χ1) is 5.67. The van der Waals surface area contributed by atoms with Gasteiger partial charge in [-0.3, -0.25) is 4.79 Å². The highest BCUT2D eigenvalue weighted by atomic mass is 16.5. The second kappa shape index (κ2) is 5.06. The van der Waals surface area contributed by atoms with E-state index >= 15 is 0 Å². The molecule has 0 aromatic rings. The van der Waals surface area contributed by atoms with Crippen molar-refractivity contribution in [1.82, 2.24) is 0 Å².